The summed E-state index contributed by atoms with van der Waals surface area (Å²) in [5, 5.41) is 8.48. The summed E-state index contributed by atoms with van der Waals surface area (Å²) in [6, 6.07) is 5.73. The van der Waals surface area contributed by atoms with E-state index in [0.29, 0.717) is 5.75 Å². The highest BCUT2D eigenvalue weighted by Gasteiger charge is 2.02. The van der Waals surface area contributed by atoms with Gasteiger partial charge in [-0.2, -0.15) is 0 Å². The first kappa shape index (κ1) is 12.4. The van der Waals surface area contributed by atoms with Crippen LogP contribution in [0.1, 0.15) is 5.56 Å². The number of benzene rings is 1. The van der Waals surface area contributed by atoms with E-state index in [0.717, 1.165) is 15.8 Å². The van der Waals surface area contributed by atoms with E-state index in [1.54, 1.807) is 7.11 Å². The van der Waals surface area contributed by atoms with Crippen LogP contribution in [-0.4, -0.2) is 23.9 Å². The number of halogens is 1. The van der Waals surface area contributed by atoms with Gasteiger partial charge in [-0.3, -0.25) is 4.79 Å². The molecule has 5 heteroatoms. The molecular formula is C10H11BrO3S. The van der Waals surface area contributed by atoms with Crippen molar-refractivity contribution in [2.24, 2.45) is 0 Å². The molecule has 0 aliphatic carbocycles. The van der Waals surface area contributed by atoms with Crippen LogP contribution in [0.25, 0.3) is 0 Å². The summed E-state index contributed by atoms with van der Waals surface area (Å²) in [6.07, 6.45) is 0. The lowest BCUT2D eigenvalue weighted by molar-refractivity contribution is -0.133. The lowest BCUT2D eigenvalue weighted by Gasteiger charge is -2.05. The van der Waals surface area contributed by atoms with Gasteiger partial charge in [0.15, 0.2) is 0 Å². The molecule has 1 aromatic rings. The second kappa shape index (κ2) is 6.02. The number of carboxylic acids is 1. The van der Waals surface area contributed by atoms with Crippen molar-refractivity contribution in [2.45, 2.75) is 5.75 Å². The molecule has 3 nitrogen and oxygen atoms in total. The molecule has 0 aliphatic heterocycles. The second-order valence-corrected chi connectivity index (χ2v) is 4.70. The molecule has 1 rings (SSSR count). The maximum absolute atomic E-state index is 10.3. The van der Waals surface area contributed by atoms with Gasteiger partial charge >= 0.3 is 5.97 Å². The van der Waals surface area contributed by atoms with Crippen LogP contribution in [0.15, 0.2) is 22.7 Å². The molecule has 0 bridgehead atoms. The van der Waals surface area contributed by atoms with Crippen LogP contribution in [0, 0.1) is 0 Å². The predicted octanol–water partition coefficient (Wildman–Crippen LogP) is 2.78. The monoisotopic (exact) mass is 290 g/mol. The summed E-state index contributed by atoms with van der Waals surface area (Å²) >= 11 is 4.75. The molecule has 0 heterocycles. The van der Waals surface area contributed by atoms with Crippen LogP contribution in [0.5, 0.6) is 5.75 Å². The van der Waals surface area contributed by atoms with Crippen LogP contribution >= 0.6 is 27.7 Å². The Labute approximate surface area is 101 Å². The van der Waals surface area contributed by atoms with Gasteiger partial charge < -0.3 is 9.84 Å². The summed E-state index contributed by atoms with van der Waals surface area (Å²) in [4.78, 5) is 10.3. The number of methoxy groups -OCH3 is 1. The second-order valence-electron chi connectivity index (χ2n) is 2.86. The van der Waals surface area contributed by atoms with Crippen molar-refractivity contribution in [2.75, 3.05) is 12.9 Å². The van der Waals surface area contributed by atoms with Crippen molar-refractivity contribution in [3.8, 4) is 5.75 Å². The number of thioether (sulfide) groups is 1. The average molecular weight is 291 g/mol. The van der Waals surface area contributed by atoms with E-state index in [1.165, 1.54) is 11.8 Å². The molecule has 0 unspecified atom stereocenters. The molecule has 0 saturated carbocycles. The molecule has 15 heavy (non-hydrogen) atoms. The van der Waals surface area contributed by atoms with Gasteiger partial charge in [-0.25, -0.2) is 0 Å². The molecule has 0 aliphatic rings. The molecule has 0 radical (unpaired) electrons. The fourth-order valence-electron chi connectivity index (χ4n) is 1.06. The van der Waals surface area contributed by atoms with Gasteiger partial charge in [0, 0.05) is 5.75 Å². The van der Waals surface area contributed by atoms with E-state index in [-0.39, 0.29) is 5.75 Å². The highest BCUT2D eigenvalue weighted by atomic mass is 79.9. The molecule has 0 saturated heterocycles. The maximum Gasteiger partial charge on any atom is 0.313 e. The number of aliphatic carboxylic acids is 1. The van der Waals surface area contributed by atoms with Gasteiger partial charge in [0.1, 0.15) is 5.75 Å². The largest absolute Gasteiger partial charge is 0.496 e. The summed E-state index contributed by atoms with van der Waals surface area (Å²) in [7, 11) is 1.61. The first-order valence-electron chi connectivity index (χ1n) is 4.25. The van der Waals surface area contributed by atoms with Gasteiger partial charge in [0.2, 0.25) is 0 Å². The summed E-state index contributed by atoms with van der Waals surface area (Å²) in [5.41, 5.74) is 1.08. The molecule has 0 spiro atoms. The van der Waals surface area contributed by atoms with Crippen molar-refractivity contribution < 1.29 is 14.6 Å². The van der Waals surface area contributed by atoms with E-state index < -0.39 is 5.97 Å². The van der Waals surface area contributed by atoms with E-state index in [4.69, 9.17) is 9.84 Å². The number of hydrogen-bond donors (Lipinski definition) is 1. The van der Waals surface area contributed by atoms with Crippen molar-refractivity contribution >= 4 is 33.7 Å². The zero-order valence-corrected chi connectivity index (χ0v) is 10.6. The molecule has 0 atom stereocenters. The Bertz CT molecular complexity index is 355. The van der Waals surface area contributed by atoms with Crippen LogP contribution in [-0.2, 0) is 10.5 Å². The third-order valence-corrected chi connectivity index (χ3v) is 3.32. The fourth-order valence-corrected chi connectivity index (χ4v) is 2.34. The van der Waals surface area contributed by atoms with Crippen LogP contribution in [0.3, 0.4) is 0 Å². The average Bonchev–Trinajstić information content (AvgIpc) is 2.17. The van der Waals surface area contributed by atoms with Gasteiger partial charge in [0.05, 0.1) is 17.3 Å². The zero-order valence-electron chi connectivity index (χ0n) is 8.20. The number of rotatable bonds is 5. The number of ether oxygens (including phenoxy) is 1. The SMILES string of the molecule is COc1ccc(CSCC(=O)O)cc1Br. The molecule has 1 aromatic carbocycles. The normalized spacial score (nSPS) is 10.0. The fraction of sp³-hybridized carbons (Fsp3) is 0.300. The van der Waals surface area contributed by atoms with E-state index in [1.807, 2.05) is 18.2 Å². The predicted molar refractivity (Wildman–Crippen MR) is 64.5 cm³/mol. The van der Waals surface area contributed by atoms with E-state index in [9.17, 15) is 4.79 Å². The topological polar surface area (TPSA) is 46.5 Å². The minimum Gasteiger partial charge on any atom is -0.496 e. The van der Waals surface area contributed by atoms with Crippen molar-refractivity contribution in [3.63, 3.8) is 0 Å². The quantitative estimate of drug-likeness (QED) is 0.906. The van der Waals surface area contributed by atoms with Gasteiger partial charge in [-0.05, 0) is 33.6 Å². The van der Waals surface area contributed by atoms with Crippen LogP contribution in [0.4, 0.5) is 0 Å². The van der Waals surface area contributed by atoms with E-state index in [2.05, 4.69) is 15.9 Å². The molecule has 0 fully saturated rings. The minimum absolute atomic E-state index is 0.129. The van der Waals surface area contributed by atoms with E-state index >= 15 is 0 Å². The van der Waals surface area contributed by atoms with Crippen molar-refractivity contribution in [1.82, 2.24) is 0 Å². The zero-order chi connectivity index (χ0) is 11.3. The molecule has 0 aromatic heterocycles. The highest BCUT2D eigenvalue weighted by Crippen LogP contribution is 2.27. The Morgan fingerprint density at radius 2 is 2.33 bits per heavy atom. The van der Waals surface area contributed by atoms with Crippen LogP contribution < -0.4 is 4.74 Å². The third-order valence-electron chi connectivity index (χ3n) is 1.71. The Balaban J connectivity index is 2.55. The Kier molecular flexibility index (Phi) is 4.98. The number of hydrogen-bond acceptors (Lipinski definition) is 3. The smallest absolute Gasteiger partial charge is 0.313 e. The van der Waals surface area contributed by atoms with Gasteiger partial charge in [0.25, 0.3) is 0 Å². The highest BCUT2D eigenvalue weighted by molar-refractivity contribution is 9.10. The lowest BCUT2D eigenvalue weighted by Crippen LogP contribution is -1.98. The number of carbonyl (C=O) groups is 1. The minimum atomic E-state index is -0.785. The molecule has 0 amide bonds. The standard InChI is InChI=1S/C10H11BrO3S/c1-14-9-3-2-7(4-8(9)11)5-15-6-10(12)13/h2-4H,5-6H2,1H3,(H,12,13). The van der Waals surface area contributed by atoms with Crippen molar-refractivity contribution in [3.05, 3.63) is 28.2 Å². The van der Waals surface area contributed by atoms with Gasteiger partial charge in [-0.15, -0.1) is 11.8 Å². The first-order valence-corrected chi connectivity index (χ1v) is 6.20. The Morgan fingerprint density at radius 3 is 2.87 bits per heavy atom. The summed E-state index contributed by atoms with van der Waals surface area (Å²) in [5.74, 6) is 0.813. The molecular weight excluding hydrogens is 280 g/mol. The van der Waals surface area contributed by atoms with Crippen molar-refractivity contribution in [1.29, 1.82) is 0 Å². The Morgan fingerprint density at radius 1 is 1.60 bits per heavy atom. The lowest BCUT2D eigenvalue weighted by atomic mass is 10.2. The number of carboxylic acid groups (broad SMARTS) is 1. The first-order chi connectivity index (χ1) is 7.13. The molecule has 82 valence electrons. The molecule has 1 N–H and O–H groups in total. The van der Waals surface area contributed by atoms with Gasteiger partial charge in [-0.1, -0.05) is 6.07 Å². The maximum atomic E-state index is 10.3. The summed E-state index contributed by atoms with van der Waals surface area (Å²) in [6.45, 7) is 0. The Hall–Kier alpha value is -0.680. The third kappa shape index (κ3) is 4.13. The van der Waals surface area contributed by atoms with Crippen LogP contribution in [0.2, 0.25) is 0 Å². The summed E-state index contributed by atoms with van der Waals surface area (Å²) < 4.78 is 5.98.